The van der Waals surface area contributed by atoms with Crippen LogP contribution < -0.4 is 9.26 Å². The molecule has 3 nitrogen and oxygen atoms in total. The quantitative estimate of drug-likeness (QED) is 0.773. The van der Waals surface area contributed by atoms with E-state index in [0.29, 0.717) is 6.61 Å². The van der Waals surface area contributed by atoms with E-state index in [2.05, 4.69) is 40.2 Å². The first kappa shape index (κ1) is 18.7. The lowest BCUT2D eigenvalue weighted by Crippen LogP contribution is -2.16. The fourth-order valence-electron chi connectivity index (χ4n) is 2.27. The lowest BCUT2D eigenvalue weighted by atomic mass is 9.86. The Balaban J connectivity index is 0.00000220. The molecule has 2 atom stereocenters. The molecule has 0 bridgehead atoms. The zero-order valence-corrected chi connectivity index (χ0v) is 16.1. The minimum atomic E-state index is -0.448. The summed E-state index contributed by atoms with van der Waals surface area (Å²) >= 11 is 0. The second kappa shape index (κ2) is 7.77. The van der Waals surface area contributed by atoms with Gasteiger partial charge in [-0.05, 0) is 24.8 Å². The van der Waals surface area contributed by atoms with Crippen LogP contribution in [-0.2, 0) is 10.2 Å². The van der Waals surface area contributed by atoms with Gasteiger partial charge in [0.1, 0.15) is 17.6 Å². The van der Waals surface area contributed by atoms with Crippen molar-refractivity contribution in [1.29, 1.82) is 0 Å². The van der Waals surface area contributed by atoms with Crippen molar-refractivity contribution in [3.63, 3.8) is 0 Å². The van der Waals surface area contributed by atoms with Gasteiger partial charge in [0.2, 0.25) is 0 Å². The maximum Gasteiger partial charge on any atom is 0.130 e. The van der Waals surface area contributed by atoms with Crippen LogP contribution in [0.2, 0.25) is 0 Å². The molecule has 1 saturated heterocycles. The third kappa shape index (κ3) is 5.40. The largest absolute Gasteiger partial charge is 0.488 e. The summed E-state index contributed by atoms with van der Waals surface area (Å²) in [6.45, 7) is 12.3. The zero-order valence-electron chi connectivity index (χ0n) is 13.8. The Bertz CT molecular complexity index is 449. The van der Waals surface area contributed by atoms with E-state index in [1.807, 2.05) is 12.1 Å². The molecule has 1 aliphatic rings. The molecule has 21 heavy (non-hydrogen) atoms. The van der Waals surface area contributed by atoms with E-state index in [1.165, 1.54) is 5.56 Å². The van der Waals surface area contributed by atoms with Crippen molar-refractivity contribution in [1.82, 2.24) is 0 Å². The van der Waals surface area contributed by atoms with Gasteiger partial charge in [-0.2, -0.15) is 9.90 Å². The highest BCUT2D eigenvalue weighted by atomic mass is 31.1. The summed E-state index contributed by atoms with van der Waals surface area (Å²) in [5, 5.41) is 0. The second-order valence-corrected chi connectivity index (χ2v) is 8.22. The van der Waals surface area contributed by atoms with Crippen molar-refractivity contribution >= 4 is 18.0 Å². The van der Waals surface area contributed by atoms with Crippen LogP contribution in [0.5, 0.6) is 11.5 Å². The highest BCUT2D eigenvalue weighted by Crippen LogP contribution is 2.40. The van der Waals surface area contributed by atoms with Gasteiger partial charge in [0.15, 0.2) is 0 Å². The number of rotatable bonds is 4. The van der Waals surface area contributed by atoms with Crippen LogP contribution in [0.25, 0.3) is 0 Å². The molecule has 120 valence electrons. The Hall–Kier alpha value is -0.360. The predicted molar refractivity (Wildman–Crippen MR) is 95.5 cm³/mol. The SMILES string of the molecule is CP(C)Oc1cc(O[C@H]2CCOC2)ccc1C(C)(C)C.P. The molecule has 0 aliphatic carbocycles. The third-order valence-electron chi connectivity index (χ3n) is 3.23. The first-order valence-electron chi connectivity index (χ1n) is 7.10. The van der Waals surface area contributed by atoms with Crippen molar-refractivity contribution < 1.29 is 14.0 Å². The number of ether oxygens (including phenoxy) is 2. The van der Waals surface area contributed by atoms with E-state index in [9.17, 15) is 0 Å². The molecule has 2 rings (SSSR count). The third-order valence-corrected chi connectivity index (χ3v) is 3.79. The van der Waals surface area contributed by atoms with Crippen LogP contribution in [0.1, 0.15) is 32.8 Å². The maximum absolute atomic E-state index is 6.03. The fourth-order valence-corrected chi connectivity index (χ4v) is 2.81. The van der Waals surface area contributed by atoms with Crippen molar-refractivity contribution in [3.05, 3.63) is 23.8 Å². The first-order chi connectivity index (χ1) is 9.36. The predicted octanol–water partition coefficient (Wildman–Crippen LogP) is 4.25. The lowest BCUT2D eigenvalue weighted by molar-refractivity contribution is 0.141. The van der Waals surface area contributed by atoms with Crippen molar-refractivity contribution in [3.8, 4) is 11.5 Å². The topological polar surface area (TPSA) is 27.7 Å². The molecule has 0 amide bonds. The molecule has 0 N–H and O–H groups in total. The van der Waals surface area contributed by atoms with Crippen LogP contribution in [0, 0.1) is 0 Å². The standard InChI is InChI=1S/C16H25O3P.H3P/c1-16(2,3)14-7-6-12(10-15(14)19-20(4)5)18-13-8-9-17-11-13;/h6-7,10,13H,8-9,11H2,1-5H3;1H3/t13-;/m0./s1. The highest BCUT2D eigenvalue weighted by molar-refractivity contribution is 7.51. The van der Waals surface area contributed by atoms with Gasteiger partial charge in [-0.15, -0.1) is 0 Å². The molecule has 0 aromatic heterocycles. The van der Waals surface area contributed by atoms with Crippen LogP contribution in [0.4, 0.5) is 0 Å². The Labute approximate surface area is 133 Å². The normalized spacial score (nSPS) is 18.5. The molecule has 1 aliphatic heterocycles. The summed E-state index contributed by atoms with van der Waals surface area (Å²) in [5.41, 5.74) is 1.29. The van der Waals surface area contributed by atoms with Crippen LogP contribution in [-0.4, -0.2) is 32.6 Å². The van der Waals surface area contributed by atoms with Gasteiger partial charge < -0.3 is 14.0 Å². The highest BCUT2D eigenvalue weighted by Gasteiger charge is 2.22. The number of hydrogen-bond acceptors (Lipinski definition) is 3. The monoisotopic (exact) mass is 330 g/mol. The second-order valence-electron chi connectivity index (χ2n) is 6.42. The van der Waals surface area contributed by atoms with E-state index < -0.39 is 8.15 Å². The van der Waals surface area contributed by atoms with E-state index in [-0.39, 0.29) is 21.4 Å². The summed E-state index contributed by atoms with van der Waals surface area (Å²) in [5.74, 6) is 1.82. The number of benzene rings is 1. The summed E-state index contributed by atoms with van der Waals surface area (Å²) in [7, 11) is -0.448. The summed E-state index contributed by atoms with van der Waals surface area (Å²) < 4.78 is 17.3. The molecule has 0 radical (unpaired) electrons. The minimum absolute atomic E-state index is 0. The lowest BCUT2D eigenvalue weighted by Gasteiger charge is -2.25. The van der Waals surface area contributed by atoms with Gasteiger partial charge in [0.05, 0.1) is 21.4 Å². The maximum atomic E-state index is 6.03. The molecule has 1 aromatic rings. The Morgan fingerprint density at radius 1 is 1.24 bits per heavy atom. The average molecular weight is 330 g/mol. The van der Waals surface area contributed by atoms with Crippen molar-refractivity contribution in [2.45, 2.75) is 38.7 Å². The van der Waals surface area contributed by atoms with Gasteiger partial charge in [-0.25, -0.2) is 0 Å². The molecule has 0 saturated carbocycles. The molecular formula is C16H28O3P2. The molecule has 1 heterocycles. The van der Waals surface area contributed by atoms with Crippen LogP contribution >= 0.6 is 18.0 Å². The number of hydrogen-bond donors (Lipinski definition) is 0. The van der Waals surface area contributed by atoms with Gasteiger partial charge in [-0.3, -0.25) is 0 Å². The van der Waals surface area contributed by atoms with Gasteiger partial charge in [-0.1, -0.05) is 26.8 Å². The van der Waals surface area contributed by atoms with E-state index in [4.69, 9.17) is 14.0 Å². The molecular weight excluding hydrogens is 302 g/mol. The van der Waals surface area contributed by atoms with Crippen molar-refractivity contribution in [2.75, 3.05) is 26.5 Å². The van der Waals surface area contributed by atoms with E-state index >= 15 is 0 Å². The van der Waals surface area contributed by atoms with E-state index in [0.717, 1.165) is 24.5 Å². The smallest absolute Gasteiger partial charge is 0.130 e. The first-order valence-corrected chi connectivity index (χ1v) is 9.26. The Morgan fingerprint density at radius 3 is 2.48 bits per heavy atom. The molecule has 0 spiro atoms. The van der Waals surface area contributed by atoms with Gasteiger partial charge in [0.25, 0.3) is 0 Å². The zero-order chi connectivity index (χ0) is 14.8. The molecule has 1 fully saturated rings. The van der Waals surface area contributed by atoms with E-state index in [1.54, 1.807) is 0 Å². The van der Waals surface area contributed by atoms with Crippen molar-refractivity contribution in [2.24, 2.45) is 0 Å². The van der Waals surface area contributed by atoms with Gasteiger partial charge in [0, 0.05) is 18.1 Å². The van der Waals surface area contributed by atoms with Crippen LogP contribution in [0.15, 0.2) is 18.2 Å². The molecule has 5 heteroatoms. The minimum Gasteiger partial charge on any atom is -0.488 e. The average Bonchev–Trinajstić information content (AvgIpc) is 2.79. The summed E-state index contributed by atoms with van der Waals surface area (Å²) in [4.78, 5) is 0. The Kier molecular flexibility index (Phi) is 6.91. The molecule has 1 unspecified atom stereocenters. The summed E-state index contributed by atoms with van der Waals surface area (Å²) in [6, 6.07) is 6.19. The van der Waals surface area contributed by atoms with Crippen LogP contribution in [0.3, 0.4) is 0 Å². The van der Waals surface area contributed by atoms with Gasteiger partial charge >= 0.3 is 0 Å². The molecule has 1 aromatic carbocycles. The summed E-state index contributed by atoms with van der Waals surface area (Å²) in [6.07, 6.45) is 1.14. The fraction of sp³-hybridized carbons (Fsp3) is 0.625. The Morgan fingerprint density at radius 2 is 1.95 bits per heavy atom.